The van der Waals surface area contributed by atoms with E-state index in [2.05, 4.69) is 26.2 Å². The van der Waals surface area contributed by atoms with Crippen LogP contribution in [0.2, 0.25) is 0 Å². The van der Waals surface area contributed by atoms with Gasteiger partial charge in [0.25, 0.3) is 0 Å². The predicted molar refractivity (Wildman–Crippen MR) is 105 cm³/mol. The predicted octanol–water partition coefficient (Wildman–Crippen LogP) is 2.53. The van der Waals surface area contributed by atoms with Gasteiger partial charge in [-0.15, -0.1) is 24.8 Å². The minimum absolute atomic E-state index is 0. The van der Waals surface area contributed by atoms with Crippen LogP contribution in [0.15, 0.2) is 20.5 Å². The molecule has 13 heteroatoms. The number of hydrogen-bond donors (Lipinski definition) is 5. The van der Waals surface area contributed by atoms with Gasteiger partial charge in [-0.05, 0) is 41.5 Å². The molecule has 0 rings (SSSR count). The van der Waals surface area contributed by atoms with Gasteiger partial charge < -0.3 is 17.2 Å². The molecule has 0 aromatic carbocycles. The lowest BCUT2D eigenvalue weighted by atomic mass is 10.1. The van der Waals surface area contributed by atoms with Crippen molar-refractivity contribution in [3.63, 3.8) is 0 Å². The zero-order valence-corrected chi connectivity index (χ0v) is 17.3. The first-order valence-corrected chi connectivity index (χ1v) is 6.84. The summed E-state index contributed by atoms with van der Waals surface area (Å²) < 4.78 is 0. The normalized spacial score (nSPS) is 11.4. The Bertz CT molecular complexity index is 562. The third-order valence-electron chi connectivity index (χ3n) is 2.54. The summed E-state index contributed by atoms with van der Waals surface area (Å²) in [5.74, 6) is -0.138. The summed E-state index contributed by atoms with van der Waals surface area (Å²) in [4.78, 5) is 10.0. The van der Waals surface area contributed by atoms with Crippen molar-refractivity contribution < 1.29 is 4.79 Å². The minimum Gasteiger partial charge on any atom is -0.386 e. The highest BCUT2D eigenvalue weighted by atomic mass is 35.5. The fourth-order valence-electron chi connectivity index (χ4n) is 0.554. The van der Waals surface area contributed by atoms with Crippen LogP contribution in [-0.4, -0.2) is 34.3 Å². The number of rotatable bonds is 5. The average molecular weight is 411 g/mol. The van der Waals surface area contributed by atoms with E-state index in [0.29, 0.717) is 0 Å². The van der Waals surface area contributed by atoms with Gasteiger partial charge in [0.05, 0.1) is 6.07 Å². The summed E-state index contributed by atoms with van der Waals surface area (Å²) in [7, 11) is 0. The summed E-state index contributed by atoms with van der Waals surface area (Å²) in [6, 6.07) is 0.943. The van der Waals surface area contributed by atoms with Gasteiger partial charge in [-0.1, -0.05) is 5.11 Å². The van der Waals surface area contributed by atoms with Crippen LogP contribution in [0.4, 0.5) is 4.79 Å². The Morgan fingerprint density at radius 2 is 1.15 bits per heavy atom. The third kappa shape index (κ3) is 14.1. The molecule has 0 bridgehead atoms. The van der Waals surface area contributed by atoms with E-state index in [9.17, 15) is 4.79 Å². The monoisotopic (exact) mass is 410 g/mol. The number of amides is 2. The Hall–Kier alpha value is -2.32. The van der Waals surface area contributed by atoms with E-state index < -0.39 is 22.6 Å². The molecule has 0 heterocycles. The Morgan fingerprint density at radius 1 is 0.846 bits per heavy atom. The number of amidine groups is 2. The zero-order valence-electron chi connectivity index (χ0n) is 15.7. The van der Waals surface area contributed by atoms with Crippen LogP contribution in [-0.2, 0) is 0 Å². The van der Waals surface area contributed by atoms with Crippen molar-refractivity contribution in [1.82, 2.24) is 0 Å². The van der Waals surface area contributed by atoms with Crippen LogP contribution in [0.5, 0.6) is 0 Å². The lowest BCUT2D eigenvalue weighted by molar-refractivity contribution is 0.254. The van der Waals surface area contributed by atoms with Crippen molar-refractivity contribution in [1.29, 1.82) is 16.1 Å². The maximum atomic E-state index is 10.0. The van der Waals surface area contributed by atoms with Crippen LogP contribution in [0, 0.1) is 22.1 Å². The number of primary amides is 1. The molecule has 0 saturated carbocycles. The van der Waals surface area contributed by atoms with Gasteiger partial charge in [-0.2, -0.15) is 20.6 Å². The van der Waals surface area contributed by atoms with E-state index in [-0.39, 0.29) is 36.5 Å². The number of halogens is 2. The van der Waals surface area contributed by atoms with Crippen LogP contribution < -0.4 is 17.2 Å². The number of azo groups is 2. The topological polar surface area (TPSA) is 216 Å². The second-order valence-corrected chi connectivity index (χ2v) is 6.35. The number of urea groups is 1. The van der Waals surface area contributed by atoms with Crippen LogP contribution >= 0.6 is 24.8 Å². The molecule has 2 amide bonds. The number of nitrogens with two attached hydrogens (primary N) is 3. The maximum Gasteiger partial charge on any atom is 0.356 e. The molecule has 26 heavy (non-hydrogen) atoms. The molecule has 0 aliphatic heterocycles. The molecule has 0 spiro atoms. The lowest BCUT2D eigenvalue weighted by Gasteiger charge is -2.20. The molecule has 0 aromatic heterocycles. The molecule has 0 aliphatic rings. The first-order chi connectivity index (χ1) is 10.6. The Morgan fingerprint density at radius 3 is 1.35 bits per heavy atom. The highest BCUT2D eigenvalue weighted by Crippen LogP contribution is 2.15. The van der Waals surface area contributed by atoms with E-state index in [1.807, 2.05) is 6.07 Å². The van der Waals surface area contributed by atoms with Crippen molar-refractivity contribution >= 4 is 42.5 Å². The highest BCUT2D eigenvalue weighted by Gasteiger charge is 2.25. The number of carbonyl (C=O) groups excluding carboxylic acids is 1. The summed E-state index contributed by atoms with van der Waals surface area (Å²) in [6.07, 6.45) is 0. The maximum absolute atomic E-state index is 10.0. The number of nitrogens with one attached hydrogen (secondary N) is 2. The second kappa shape index (κ2) is 12.1. The molecule has 0 aliphatic carbocycles. The molecule has 0 fully saturated rings. The molecular formula is C13H28Cl2N10O. The molecule has 0 aromatic rings. The van der Waals surface area contributed by atoms with Gasteiger partial charge in [-0.3, -0.25) is 10.8 Å². The fraction of sp³-hybridized carbons (Fsp3) is 0.692. The van der Waals surface area contributed by atoms with Crippen molar-refractivity contribution in [3.8, 4) is 6.07 Å². The second-order valence-electron chi connectivity index (χ2n) is 6.35. The van der Waals surface area contributed by atoms with Gasteiger partial charge >= 0.3 is 6.03 Å². The standard InChI is InChI=1S/C8H18N6.C5H8N4O.2ClH/c1-7(2,5(9)10)13-14-8(3,4)6(11)12;1-5(2,3-6)9-8-4(7)10;;/h1-4H3,(H3,9,10)(H3,11,12);1-2H3,(H2,7,10);2*1H. The fourth-order valence-corrected chi connectivity index (χ4v) is 0.554. The summed E-state index contributed by atoms with van der Waals surface area (Å²) >= 11 is 0. The van der Waals surface area contributed by atoms with Crippen molar-refractivity contribution in [2.75, 3.05) is 0 Å². The van der Waals surface area contributed by atoms with E-state index >= 15 is 0 Å². The Labute approximate surface area is 165 Å². The van der Waals surface area contributed by atoms with E-state index in [1.165, 1.54) is 13.8 Å². The molecule has 150 valence electrons. The molecule has 8 N–H and O–H groups in total. The van der Waals surface area contributed by atoms with Gasteiger partial charge in [-0.25, -0.2) is 4.79 Å². The van der Waals surface area contributed by atoms with E-state index in [1.54, 1.807) is 27.7 Å². The van der Waals surface area contributed by atoms with E-state index in [4.69, 9.17) is 27.5 Å². The van der Waals surface area contributed by atoms with Crippen LogP contribution in [0.1, 0.15) is 41.5 Å². The van der Waals surface area contributed by atoms with E-state index in [0.717, 1.165) is 0 Å². The van der Waals surface area contributed by atoms with Gasteiger partial charge in [0.15, 0.2) is 5.54 Å². The number of nitriles is 1. The molecule has 0 unspecified atom stereocenters. The number of nitrogens with zero attached hydrogens (tertiary/aromatic N) is 5. The van der Waals surface area contributed by atoms with Crippen molar-refractivity contribution in [2.45, 2.75) is 58.2 Å². The molecule has 11 nitrogen and oxygen atoms in total. The molecular weight excluding hydrogens is 383 g/mol. The average Bonchev–Trinajstić information content (AvgIpc) is 2.44. The van der Waals surface area contributed by atoms with Gasteiger partial charge in [0.2, 0.25) is 0 Å². The van der Waals surface area contributed by atoms with Crippen molar-refractivity contribution in [3.05, 3.63) is 0 Å². The lowest BCUT2D eigenvalue weighted by Crippen LogP contribution is -2.38. The molecule has 0 radical (unpaired) electrons. The zero-order chi connectivity index (χ0) is 19.8. The molecule has 0 saturated heterocycles. The first-order valence-electron chi connectivity index (χ1n) is 6.84. The number of hydrogen-bond acceptors (Lipinski definition) is 7. The SMILES string of the molecule is CC(C)(C#N)N=NC(N)=O.CC(C)(N=NC(C)(C)C(=N)N)C(=N)N.Cl.Cl. The Balaban J connectivity index is -0.000000181. The van der Waals surface area contributed by atoms with Gasteiger partial charge in [0.1, 0.15) is 22.7 Å². The quantitative estimate of drug-likeness (QED) is 0.261. The minimum atomic E-state index is -0.963. The Kier molecular flexibility index (Phi) is 14.6. The van der Waals surface area contributed by atoms with Crippen LogP contribution in [0.3, 0.4) is 0 Å². The summed E-state index contributed by atoms with van der Waals surface area (Å²) in [5.41, 5.74) is 12.6. The van der Waals surface area contributed by atoms with Gasteiger partial charge in [0, 0.05) is 0 Å². The smallest absolute Gasteiger partial charge is 0.356 e. The third-order valence-corrected chi connectivity index (χ3v) is 2.54. The largest absolute Gasteiger partial charge is 0.386 e. The summed E-state index contributed by atoms with van der Waals surface area (Å²) in [6.45, 7) is 9.76. The first kappa shape index (κ1) is 31.4. The molecule has 0 atom stereocenters. The van der Waals surface area contributed by atoms with Crippen molar-refractivity contribution in [2.24, 2.45) is 37.7 Å². The number of carbonyl (C=O) groups is 1. The van der Waals surface area contributed by atoms with Crippen LogP contribution in [0.25, 0.3) is 0 Å². The summed E-state index contributed by atoms with van der Waals surface area (Å²) in [5, 5.41) is 37.0. The highest BCUT2D eigenvalue weighted by molar-refractivity contribution is 5.87.